The van der Waals surface area contributed by atoms with Gasteiger partial charge in [-0.25, -0.2) is 0 Å². The van der Waals surface area contributed by atoms with Gasteiger partial charge in [0.15, 0.2) is 0 Å². The Labute approximate surface area is 185 Å². The average Bonchev–Trinajstić information content (AvgIpc) is 3.03. The quantitative estimate of drug-likeness (QED) is 0.378. The van der Waals surface area contributed by atoms with Crippen LogP contribution in [0.4, 0.5) is 0 Å². The summed E-state index contributed by atoms with van der Waals surface area (Å²) >= 11 is 6.26. The molecule has 1 amide bonds. The molecule has 1 atom stereocenters. The minimum atomic E-state index is -0.772. The van der Waals surface area contributed by atoms with Gasteiger partial charge in [-0.1, -0.05) is 23.7 Å². The zero-order valence-corrected chi connectivity index (χ0v) is 18.3. The van der Waals surface area contributed by atoms with Gasteiger partial charge in [0.1, 0.15) is 17.3 Å². The van der Waals surface area contributed by atoms with E-state index in [1.165, 1.54) is 18.1 Å². The zero-order chi connectivity index (χ0) is 22.5. The van der Waals surface area contributed by atoms with Gasteiger partial charge in [0.05, 0.1) is 37.0 Å². The highest BCUT2D eigenvalue weighted by Crippen LogP contribution is 2.40. The molecule has 31 heavy (non-hydrogen) atoms. The number of hydrogen-bond donors (Lipinski definition) is 1. The topological polar surface area (TPSA) is 85.3 Å². The number of ether oxygens (including phenoxy) is 3. The SMILES string of the molecule is CCOc1ccc(C(O)=C2C(=O)C(=O)N(CCOC)[C@H]2c2ccc(OC)cc2)cc1Cl. The van der Waals surface area contributed by atoms with Crippen molar-refractivity contribution >= 4 is 29.1 Å². The van der Waals surface area contributed by atoms with E-state index >= 15 is 0 Å². The highest BCUT2D eigenvalue weighted by atomic mass is 35.5. The highest BCUT2D eigenvalue weighted by Gasteiger charge is 2.45. The van der Waals surface area contributed by atoms with Crippen LogP contribution in [0.25, 0.3) is 5.76 Å². The predicted molar refractivity (Wildman–Crippen MR) is 117 cm³/mol. The molecule has 0 unspecified atom stereocenters. The van der Waals surface area contributed by atoms with Gasteiger partial charge < -0.3 is 24.2 Å². The molecule has 0 bridgehead atoms. The summed E-state index contributed by atoms with van der Waals surface area (Å²) in [5.74, 6) is -0.663. The monoisotopic (exact) mass is 445 g/mol. The molecule has 1 aliphatic rings. The van der Waals surface area contributed by atoms with E-state index in [2.05, 4.69) is 0 Å². The van der Waals surface area contributed by atoms with Crippen LogP contribution in [0.2, 0.25) is 5.02 Å². The van der Waals surface area contributed by atoms with Gasteiger partial charge in [-0.3, -0.25) is 9.59 Å². The molecule has 0 aliphatic carbocycles. The molecule has 2 aromatic carbocycles. The maximum absolute atomic E-state index is 12.9. The van der Waals surface area contributed by atoms with Crippen molar-refractivity contribution in [1.82, 2.24) is 4.90 Å². The Morgan fingerprint density at radius 1 is 1.13 bits per heavy atom. The van der Waals surface area contributed by atoms with Gasteiger partial charge in [0.2, 0.25) is 0 Å². The number of likely N-dealkylation sites (tertiary alicyclic amines) is 1. The lowest BCUT2D eigenvalue weighted by molar-refractivity contribution is -0.140. The highest BCUT2D eigenvalue weighted by molar-refractivity contribution is 6.46. The fourth-order valence-electron chi connectivity index (χ4n) is 3.51. The minimum absolute atomic E-state index is 0.00787. The van der Waals surface area contributed by atoms with Crippen molar-refractivity contribution in [3.05, 3.63) is 64.2 Å². The summed E-state index contributed by atoms with van der Waals surface area (Å²) in [6.45, 7) is 2.71. The van der Waals surface area contributed by atoms with Crippen molar-refractivity contribution in [1.29, 1.82) is 0 Å². The molecule has 1 aliphatic heterocycles. The predicted octanol–water partition coefficient (Wildman–Crippen LogP) is 3.82. The van der Waals surface area contributed by atoms with Crippen LogP contribution in [0.15, 0.2) is 48.0 Å². The van der Waals surface area contributed by atoms with Crippen LogP contribution >= 0.6 is 11.6 Å². The van der Waals surface area contributed by atoms with Crippen molar-refractivity contribution in [3.8, 4) is 11.5 Å². The Bertz CT molecular complexity index is 1000. The summed E-state index contributed by atoms with van der Waals surface area (Å²) in [5.41, 5.74) is 0.970. The number of Topliss-reactive ketones (excluding diaryl/α,β-unsaturated/α-hetero) is 1. The molecule has 3 rings (SSSR count). The number of rotatable bonds is 8. The number of ketones is 1. The van der Waals surface area contributed by atoms with Crippen LogP contribution < -0.4 is 9.47 Å². The number of aliphatic hydroxyl groups is 1. The fraction of sp³-hybridized carbons (Fsp3) is 0.304. The van der Waals surface area contributed by atoms with Gasteiger partial charge >= 0.3 is 0 Å². The first-order valence-electron chi connectivity index (χ1n) is 9.76. The number of hydrogen-bond acceptors (Lipinski definition) is 6. The maximum atomic E-state index is 12.9. The molecule has 7 nitrogen and oxygen atoms in total. The first-order valence-corrected chi connectivity index (χ1v) is 10.1. The number of benzene rings is 2. The Morgan fingerprint density at radius 3 is 2.42 bits per heavy atom. The van der Waals surface area contributed by atoms with Crippen LogP contribution in [0, 0.1) is 0 Å². The number of carbonyl (C=O) groups excluding carboxylic acids is 2. The zero-order valence-electron chi connectivity index (χ0n) is 17.6. The number of halogens is 1. The number of nitrogens with zero attached hydrogens (tertiary/aromatic N) is 1. The molecule has 0 radical (unpaired) electrons. The minimum Gasteiger partial charge on any atom is -0.507 e. The van der Waals surface area contributed by atoms with E-state index in [0.29, 0.717) is 34.3 Å². The van der Waals surface area contributed by atoms with Crippen molar-refractivity contribution in [2.45, 2.75) is 13.0 Å². The molecule has 0 spiro atoms. The lowest BCUT2D eigenvalue weighted by Crippen LogP contribution is -2.32. The van der Waals surface area contributed by atoms with Gasteiger partial charge in [0.25, 0.3) is 11.7 Å². The summed E-state index contributed by atoms with van der Waals surface area (Å²) in [7, 11) is 3.07. The molecule has 0 aromatic heterocycles. The fourth-order valence-corrected chi connectivity index (χ4v) is 3.74. The lowest BCUT2D eigenvalue weighted by atomic mass is 9.95. The Hall–Kier alpha value is -3.03. The van der Waals surface area contributed by atoms with Gasteiger partial charge in [-0.15, -0.1) is 0 Å². The van der Waals surface area contributed by atoms with Gasteiger partial charge in [0, 0.05) is 19.2 Å². The number of amides is 1. The molecule has 1 N–H and O–H groups in total. The molecule has 2 aromatic rings. The maximum Gasteiger partial charge on any atom is 0.295 e. The first-order chi connectivity index (χ1) is 14.9. The van der Waals surface area contributed by atoms with E-state index in [1.807, 2.05) is 6.92 Å². The summed E-state index contributed by atoms with van der Waals surface area (Å²) in [6.07, 6.45) is 0. The Morgan fingerprint density at radius 2 is 1.84 bits per heavy atom. The number of methoxy groups -OCH3 is 2. The van der Waals surface area contributed by atoms with Crippen LogP contribution in [0.1, 0.15) is 24.1 Å². The third-order valence-corrected chi connectivity index (χ3v) is 5.31. The van der Waals surface area contributed by atoms with Gasteiger partial charge in [-0.05, 0) is 42.8 Å². The average molecular weight is 446 g/mol. The normalized spacial score (nSPS) is 17.8. The van der Waals surface area contributed by atoms with E-state index in [1.54, 1.807) is 43.5 Å². The molecular formula is C23H24ClNO6. The third-order valence-electron chi connectivity index (χ3n) is 5.01. The Balaban J connectivity index is 2.12. The molecule has 8 heteroatoms. The summed E-state index contributed by atoms with van der Waals surface area (Å²) in [4.78, 5) is 27.1. The number of aliphatic hydroxyl groups excluding tert-OH is 1. The lowest BCUT2D eigenvalue weighted by Gasteiger charge is -2.25. The Kier molecular flexibility index (Phi) is 7.20. The smallest absolute Gasteiger partial charge is 0.295 e. The van der Waals surface area contributed by atoms with Crippen LogP contribution in [0.3, 0.4) is 0 Å². The standard InChI is InChI=1S/C23H24ClNO6/c1-4-31-18-10-7-15(13-17(18)24)21(26)19-20(14-5-8-16(30-3)9-6-14)25(11-12-29-2)23(28)22(19)27/h5-10,13,20,26H,4,11-12H2,1-3H3/t20-/m0/s1. The molecule has 1 fully saturated rings. The third kappa shape index (κ3) is 4.52. The molecule has 1 saturated heterocycles. The van der Waals surface area contributed by atoms with Gasteiger partial charge in [-0.2, -0.15) is 0 Å². The molecular weight excluding hydrogens is 422 g/mol. The van der Waals surface area contributed by atoms with E-state index in [4.69, 9.17) is 25.8 Å². The summed E-state index contributed by atoms with van der Waals surface area (Å²) in [5, 5.41) is 11.3. The first kappa shape index (κ1) is 22.7. The van der Waals surface area contributed by atoms with Crippen molar-refractivity contribution < 1.29 is 28.9 Å². The van der Waals surface area contributed by atoms with Crippen molar-refractivity contribution in [2.24, 2.45) is 0 Å². The van der Waals surface area contributed by atoms with Crippen molar-refractivity contribution in [2.75, 3.05) is 34.0 Å². The van der Waals surface area contributed by atoms with E-state index in [9.17, 15) is 14.7 Å². The van der Waals surface area contributed by atoms with Crippen molar-refractivity contribution in [3.63, 3.8) is 0 Å². The molecule has 164 valence electrons. The second kappa shape index (κ2) is 9.85. The van der Waals surface area contributed by atoms with Crippen LogP contribution in [0.5, 0.6) is 11.5 Å². The largest absolute Gasteiger partial charge is 0.507 e. The van der Waals surface area contributed by atoms with Crippen LogP contribution in [-0.2, 0) is 14.3 Å². The van der Waals surface area contributed by atoms with E-state index < -0.39 is 17.7 Å². The summed E-state index contributed by atoms with van der Waals surface area (Å²) in [6, 6.07) is 10.9. The molecule has 0 saturated carbocycles. The number of carbonyl (C=O) groups is 2. The summed E-state index contributed by atoms with van der Waals surface area (Å²) < 4.78 is 15.7. The second-order valence-corrected chi connectivity index (χ2v) is 7.24. The van der Waals surface area contributed by atoms with Crippen LogP contribution in [-0.4, -0.2) is 55.7 Å². The second-order valence-electron chi connectivity index (χ2n) is 6.84. The van der Waals surface area contributed by atoms with E-state index in [0.717, 1.165) is 0 Å². The van der Waals surface area contributed by atoms with E-state index in [-0.39, 0.29) is 24.5 Å². The molecule has 1 heterocycles.